The van der Waals surface area contributed by atoms with Gasteiger partial charge in [-0.2, -0.15) is 0 Å². The Morgan fingerprint density at radius 2 is 2.18 bits per heavy atom. The molecule has 17 heavy (non-hydrogen) atoms. The van der Waals surface area contributed by atoms with Gasteiger partial charge in [-0.1, -0.05) is 6.92 Å². The van der Waals surface area contributed by atoms with Gasteiger partial charge in [0.1, 0.15) is 11.5 Å². The molecule has 98 valence electrons. The molecule has 0 fully saturated rings. The summed E-state index contributed by atoms with van der Waals surface area (Å²) in [6.07, 6.45) is 0. The zero-order valence-electron chi connectivity index (χ0n) is 11.3. The summed E-state index contributed by atoms with van der Waals surface area (Å²) in [5.74, 6) is 2.33. The third kappa shape index (κ3) is 4.15. The minimum atomic E-state index is 0.306. The van der Waals surface area contributed by atoms with Gasteiger partial charge >= 0.3 is 0 Å². The number of hydrogen-bond acceptors (Lipinski definition) is 4. The lowest BCUT2D eigenvalue weighted by Gasteiger charge is -2.31. The fourth-order valence-electron chi connectivity index (χ4n) is 2.15. The third-order valence-electron chi connectivity index (χ3n) is 3.10. The smallest absolute Gasteiger partial charge is 0.118 e. The van der Waals surface area contributed by atoms with Gasteiger partial charge in [-0.25, -0.2) is 0 Å². The number of likely N-dealkylation sites (N-methyl/N-ethyl adjacent to an activating group) is 1. The van der Waals surface area contributed by atoms with E-state index in [9.17, 15) is 0 Å². The van der Waals surface area contributed by atoms with Crippen LogP contribution in [0.3, 0.4) is 0 Å². The highest BCUT2D eigenvalue weighted by molar-refractivity contribution is 5.05. The van der Waals surface area contributed by atoms with Crippen LogP contribution in [0.2, 0.25) is 0 Å². The maximum absolute atomic E-state index is 5.84. The first-order valence-corrected chi connectivity index (χ1v) is 6.03. The molecule has 2 N–H and O–H groups in total. The van der Waals surface area contributed by atoms with Gasteiger partial charge in [-0.3, -0.25) is 4.90 Å². The van der Waals surface area contributed by atoms with Crippen molar-refractivity contribution in [1.82, 2.24) is 4.90 Å². The number of nitrogens with zero attached hydrogens (tertiary/aromatic N) is 1. The molecule has 0 bridgehead atoms. The standard InChI is InChI=1S/C13H24N2O2/c1-10(9-16-4)13(7-14)15(3)8-12-6-5-11(2)17-12/h5-6,10,13H,7-9,14H2,1-4H3. The molecule has 1 rings (SSSR count). The first-order chi connectivity index (χ1) is 8.08. The van der Waals surface area contributed by atoms with Gasteiger partial charge in [0, 0.05) is 19.7 Å². The predicted molar refractivity (Wildman–Crippen MR) is 68.8 cm³/mol. The Bertz CT molecular complexity index is 325. The molecule has 0 aliphatic heterocycles. The van der Waals surface area contributed by atoms with Crippen molar-refractivity contribution in [2.24, 2.45) is 11.7 Å². The summed E-state index contributed by atoms with van der Waals surface area (Å²) < 4.78 is 10.8. The first-order valence-electron chi connectivity index (χ1n) is 6.03. The summed E-state index contributed by atoms with van der Waals surface area (Å²) >= 11 is 0. The van der Waals surface area contributed by atoms with Crippen molar-refractivity contribution in [3.63, 3.8) is 0 Å². The molecule has 1 aromatic rings. The van der Waals surface area contributed by atoms with Crippen LogP contribution in [0, 0.1) is 12.8 Å². The van der Waals surface area contributed by atoms with Crippen molar-refractivity contribution in [2.75, 3.05) is 27.3 Å². The van der Waals surface area contributed by atoms with E-state index in [2.05, 4.69) is 18.9 Å². The fourth-order valence-corrected chi connectivity index (χ4v) is 2.15. The van der Waals surface area contributed by atoms with E-state index >= 15 is 0 Å². The second-order valence-electron chi connectivity index (χ2n) is 4.66. The lowest BCUT2D eigenvalue weighted by atomic mass is 10.0. The number of hydrogen-bond donors (Lipinski definition) is 1. The molecule has 2 unspecified atom stereocenters. The molecule has 0 aromatic carbocycles. The van der Waals surface area contributed by atoms with E-state index in [1.165, 1.54) is 0 Å². The molecule has 0 spiro atoms. The number of rotatable bonds is 7. The molecule has 0 radical (unpaired) electrons. The zero-order valence-corrected chi connectivity index (χ0v) is 11.3. The van der Waals surface area contributed by atoms with Gasteiger partial charge < -0.3 is 14.9 Å². The number of aryl methyl sites for hydroxylation is 1. The Balaban J connectivity index is 2.56. The van der Waals surface area contributed by atoms with Crippen LogP contribution >= 0.6 is 0 Å². The fraction of sp³-hybridized carbons (Fsp3) is 0.692. The average Bonchev–Trinajstić information content (AvgIpc) is 2.65. The van der Waals surface area contributed by atoms with E-state index in [-0.39, 0.29) is 0 Å². The van der Waals surface area contributed by atoms with Gasteiger partial charge in [0.2, 0.25) is 0 Å². The Morgan fingerprint density at radius 3 is 2.65 bits per heavy atom. The van der Waals surface area contributed by atoms with Gasteiger partial charge in [-0.05, 0) is 32.0 Å². The zero-order chi connectivity index (χ0) is 12.8. The van der Waals surface area contributed by atoms with Gasteiger partial charge in [0.25, 0.3) is 0 Å². The van der Waals surface area contributed by atoms with Crippen molar-refractivity contribution in [1.29, 1.82) is 0 Å². The molecule has 4 heteroatoms. The van der Waals surface area contributed by atoms with Crippen LogP contribution in [0.25, 0.3) is 0 Å². The van der Waals surface area contributed by atoms with Crippen molar-refractivity contribution in [3.8, 4) is 0 Å². The molecule has 0 saturated carbocycles. The molecule has 0 aliphatic carbocycles. The maximum atomic E-state index is 5.84. The summed E-state index contributed by atoms with van der Waals surface area (Å²) in [4.78, 5) is 2.22. The molecule has 4 nitrogen and oxygen atoms in total. The maximum Gasteiger partial charge on any atom is 0.118 e. The highest BCUT2D eigenvalue weighted by Gasteiger charge is 2.21. The minimum absolute atomic E-state index is 0.306. The molecule has 0 saturated heterocycles. The SMILES string of the molecule is COCC(C)C(CN)N(C)Cc1ccc(C)o1. The Hall–Kier alpha value is -0.840. The van der Waals surface area contributed by atoms with E-state index in [1.807, 2.05) is 19.1 Å². The lowest BCUT2D eigenvalue weighted by molar-refractivity contribution is 0.0918. The Kier molecular flexibility index (Phi) is 5.68. The van der Waals surface area contributed by atoms with Gasteiger partial charge in [0.05, 0.1) is 13.2 Å². The minimum Gasteiger partial charge on any atom is -0.465 e. The summed E-state index contributed by atoms with van der Waals surface area (Å²) in [6, 6.07) is 4.31. The Labute approximate surface area is 104 Å². The van der Waals surface area contributed by atoms with Gasteiger partial charge in [-0.15, -0.1) is 0 Å². The van der Waals surface area contributed by atoms with Crippen molar-refractivity contribution < 1.29 is 9.15 Å². The van der Waals surface area contributed by atoms with Crippen LogP contribution in [-0.2, 0) is 11.3 Å². The van der Waals surface area contributed by atoms with E-state index in [4.69, 9.17) is 14.9 Å². The third-order valence-corrected chi connectivity index (χ3v) is 3.10. The first kappa shape index (κ1) is 14.2. The van der Waals surface area contributed by atoms with E-state index in [0.29, 0.717) is 18.5 Å². The van der Waals surface area contributed by atoms with Crippen molar-refractivity contribution in [2.45, 2.75) is 26.4 Å². The summed E-state index contributed by atoms with van der Waals surface area (Å²) in [5.41, 5.74) is 5.84. The second kappa shape index (κ2) is 6.79. The van der Waals surface area contributed by atoms with Crippen LogP contribution in [-0.4, -0.2) is 38.3 Å². The van der Waals surface area contributed by atoms with E-state index in [1.54, 1.807) is 7.11 Å². The second-order valence-corrected chi connectivity index (χ2v) is 4.66. The van der Waals surface area contributed by atoms with Crippen molar-refractivity contribution in [3.05, 3.63) is 23.7 Å². The highest BCUT2D eigenvalue weighted by Crippen LogP contribution is 2.14. The molecule has 1 heterocycles. The molecule has 2 atom stereocenters. The molecular formula is C13H24N2O2. The van der Waals surface area contributed by atoms with Gasteiger partial charge in [0.15, 0.2) is 0 Å². The van der Waals surface area contributed by atoms with Crippen LogP contribution in [0.4, 0.5) is 0 Å². The van der Waals surface area contributed by atoms with Crippen molar-refractivity contribution >= 4 is 0 Å². The summed E-state index contributed by atoms with van der Waals surface area (Å²) in [7, 11) is 3.79. The molecule has 1 aromatic heterocycles. The van der Waals surface area contributed by atoms with E-state index in [0.717, 1.165) is 24.7 Å². The monoisotopic (exact) mass is 240 g/mol. The highest BCUT2D eigenvalue weighted by atomic mass is 16.5. The van der Waals surface area contributed by atoms with Crippen LogP contribution < -0.4 is 5.73 Å². The molecule has 0 aliphatic rings. The molecule has 0 amide bonds. The number of furan rings is 1. The van der Waals surface area contributed by atoms with Crippen LogP contribution in [0.5, 0.6) is 0 Å². The largest absolute Gasteiger partial charge is 0.465 e. The predicted octanol–water partition coefficient (Wildman–Crippen LogP) is 1.63. The van der Waals surface area contributed by atoms with Crippen LogP contribution in [0.1, 0.15) is 18.4 Å². The number of nitrogens with two attached hydrogens (primary N) is 1. The summed E-state index contributed by atoms with van der Waals surface area (Å²) in [5, 5.41) is 0. The van der Waals surface area contributed by atoms with E-state index < -0.39 is 0 Å². The lowest BCUT2D eigenvalue weighted by Crippen LogP contribution is -2.43. The topological polar surface area (TPSA) is 51.6 Å². The number of ether oxygens (including phenoxy) is 1. The Morgan fingerprint density at radius 1 is 1.47 bits per heavy atom. The normalized spacial score (nSPS) is 15.2. The average molecular weight is 240 g/mol. The molecular weight excluding hydrogens is 216 g/mol. The number of methoxy groups -OCH3 is 1. The summed E-state index contributed by atoms with van der Waals surface area (Å²) in [6.45, 7) is 6.25. The quantitative estimate of drug-likeness (QED) is 0.787. The van der Waals surface area contributed by atoms with Crippen LogP contribution in [0.15, 0.2) is 16.5 Å².